The van der Waals surface area contributed by atoms with Crippen LogP contribution in [0.1, 0.15) is 15.9 Å². The highest BCUT2D eigenvalue weighted by molar-refractivity contribution is 8.27. The number of fused-ring (bicyclic) bond motifs is 1. The number of thiocarbonyl (C=S) groups is 1. The lowest BCUT2D eigenvalue weighted by molar-refractivity contribution is -0.113. The van der Waals surface area contributed by atoms with Crippen LogP contribution in [0.15, 0.2) is 47.4 Å². The van der Waals surface area contributed by atoms with Gasteiger partial charge in [0, 0.05) is 0 Å². The number of hydrogen-bond acceptors (Lipinski definition) is 7. The normalized spacial score (nSPS) is 16.9. The summed E-state index contributed by atoms with van der Waals surface area (Å²) in [6.45, 7) is 0.186. The number of ether oxygens (including phenoxy) is 3. The molecule has 2 aliphatic rings. The first-order chi connectivity index (χ1) is 13.1. The van der Waals surface area contributed by atoms with E-state index >= 15 is 0 Å². The Labute approximate surface area is 164 Å². The highest BCUT2D eigenvalue weighted by Gasteiger charge is 2.35. The standard InChI is InChI=1S/C19H13NO5S2/c1-23-18(22)12-4-2-3-5-13(12)20-17(21)16(27-19(20)26)9-11-6-7-14-15(8-11)25-10-24-14/h2-9H,10H2,1H3/b16-9-. The summed E-state index contributed by atoms with van der Waals surface area (Å²) in [5, 5.41) is 0. The number of benzene rings is 2. The molecule has 0 aliphatic carbocycles. The van der Waals surface area contributed by atoms with Gasteiger partial charge in [-0.15, -0.1) is 0 Å². The van der Waals surface area contributed by atoms with Crippen LogP contribution in [0.25, 0.3) is 6.08 Å². The third-order valence-electron chi connectivity index (χ3n) is 4.04. The lowest BCUT2D eigenvalue weighted by atomic mass is 10.1. The van der Waals surface area contributed by atoms with E-state index in [0.29, 0.717) is 26.4 Å². The van der Waals surface area contributed by atoms with Crippen LogP contribution in [0.2, 0.25) is 0 Å². The summed E-state index contributed by atoms with van der Waals surface area (Å²) in [6.07, 6.45) is 1.74. The number of carbonyl (C=O) groups excluding carboxylic acids is 2. The van der Waals surface area contributed by atoms with Crippen molar-refractivity contribution in [3.05, 3.63) is 58.5 Å². The average molecular weight is 399 g/mol. The molecule has 0 spiro atoms. The van der Waals surface area contributed by atoms with Crippen LogP contribution in [0.3, 0.4) is 0 Å². The van der Waals surface area contributed by atoms with Gasteiger partial charge in [0.25, 0.3) is 5.91 Å². The van der Waals surface area contributed by atoms with Crippen LogP contribution in [-0.2, 0) is 9.53 Å². The monoisotopic (exact) mass is 399 g/mol. The maximum absolute atomic E-state index is 13.0. The van der Waals surface area contributed by atoms with Gasteiger partial charge in [0.05, 0.1) is 23.3 Å². The summed E-state index contributed by atoms with van der Waals surface area (Å²) in [4.78, 5) is 26.8. The van der Waals surface area contributed by atoms with Crippen LogP contribution in [0, 0.1) is 0 Å². The molecule has 136 valence electrons. The Morgan fingerprint density at radius 3 is 2.81 bits per heavy atom. The van der Waals surface area contributed by atoms with Gasteiger partial charge in [-0.2, -0.15) is 0 Å². The predicted octanol–water partition coefficient (Wildman–Crippen LogP) is 3.61. The van der Waals surface area contributed by atoms with E-state index in [2.05, 4.69) is 0 Å². The number of anilines is 1. The summed E-state index contributed by atoms with van der Waals surface area (Å²) in [7, 11) is 1.29. The molecule has 6 nitrogen and oxygen atoms in total. The van der Waals surface area contributed by atoms with Crippen LogP contribution < -0.4 is 14.4 Å². The predicted molar refractivity (Wildman–Crippen MR) is 106 cm³/mol. The fourth-order valence-electron chi connectivity index (χ4n) is 2.78. The fraction of sp³-hybridized carbons (Fsp3) is 0.105. The molecule has 2 aliphatic heterocycles. The fourth-order valence-corrected chi connectivity index (χ4v) is 4.07. The largest absolute Gasteiger partial charge is 0.465 e. The maximum atomic E-state index is 13.0. The molecule has 2 aromatic rings. The number of amides is 1. The van der Waals surface area contributed by atoms with Gasteiger partial charge >= 0.3 is 5.97 Å². The molecule has 0 atom stereocenters. The molecule has 8 heteroatoms. The first-order valence-electron chi connectivity index (χ1n) is 7.93. The topological polar surface area (TPSA) is 65.1 Å². The SMILES string of the molecule is COC(=O)c1ccccc1N1C(=O)/C(=C/c2ccc3c(c2)OCO3)SC1=S. The lowest BCUT2D eigenvalue weighted by Gasteiger charge is -2.17. The second-order valence-electron chi connectivity index (χ2n) is 5.64. The van der Waals surface area contributed by atoms with Gasteiger partial charge in [-0.1, -0.05) is 42.2 Å². The zero-order valence-electron chi connectivity index (χ0n) is 14.1. The van der Waals surface area contributed by atoms with Crippen molar-refractivity contribution in [1.82, 2.24) is 0 Å². The van der Waals surface area contributed by atoms with E-state index in [1.807, 2.05) is 6.07 Å². The molecule has 27 heavy (non-hydrogen) atoms. The van der Waals surface area contributed by atoms with Crippen molar-refractivity contribution < 1.29 is 23.8 Å². The molecular weight excluding hydrogens is 386 g/mol. The second kappa shape index (κ2) is 7.05. The first-order valence-corrected chi connectivity index (χ1v) is 9.16. The molecule has 2 aromatic carbocycles. The Hall–Kier alpha value is -2.84. The van der Waals surface area contributed by atoms with Gasteiger partial charge in [-0.05, 0) is 35.9 Å². The number of esters is 1. The third-order valence-corrected chi connectivity index (χ3v) is 5.34. The molecule has 0 N–H and O–H groups in total. The van der Waals surface area contributed by atoms with Crippen molar-refractivity contribution in [3.63, 3.8) is 0 Å². The highest BCUT2D eigenvalue weighted by Crippen LogP contribution is 2.39. The van der Waals surface area contributed by atoms with Crippen LogP contribution >= 0.6 is 24.0 Å². The van der Waals surface area contributed by atoms with Gasteiger partial charge < -0.3 is 14.2 Å². The van der Waals surface area contributed by atoms with Crippen molar-refractivity contribution in [2.24, 2.45) is 0 Å². The lowest BCUT2D eigenvalue weighted by Crippen LogP contribution is -2.29. The summed E-state index contributed by atoms with van der Waals surface area (Å²) >= 11 is 6.56. The van der Waals surface area contributed by atoms with Gasteiger partial charge in [0.1, 0.15) is 0 Å². The number of carbonyl (C=O) groups is 2. The van der Waals surface area contributed by atoms with Crippen LogP contribution in [0.5, 0.6) is 11.5 Å². The molecule has 0 saturated carbocycles. The van der Waals surface area contributed by atoms with Crippen molar-refractivity contribution in [2.75, 3.05) is 18.8 Å². The molecule has 0 bridgehead atoms. The van der Waals surface area contributed by atoms with Crippen LogP contribution in [0.4, 0.5) is 5.69 Å². The molecule has 4 rings (SSSR count). The van der Waals surface area contributed by atoms with E-state index in [1.165, 1.54) is 23.8 Å². The Bertz CT molecular complexity index is 1000. The van der Waals surface area contributed by atoms with Gasteiger partial charge in [-0.3, -0.25) is 9.69 Å². The molecule has 1 saturated heterocycles. The quantitative estimate of drug-likeness (QED) is 0.444. The summed E-state index contributed by atoms with van der Waals surface area (Å²) in [5.41, 5.74) is 1.47. The molecule has 0 unspecified atom stereocenters. The van der Waals surface area contributed by atoms with Crippen molar-refractivity contribution in [3.8, 4) is 11.5 Å². The smallest absolute Gasteiger partial charge is 0.339 e. The van der Waals surface area contributed by atoms with Gasteiger partial charge in [0.15, 0.2) is 15.8 Å². The number of methoxy groups -OCH3 is 1. The molecule has 0 aromatic heterocycles. The Morgan fingerprint density at radius 1 is 1.22 bits per heavy atom. The molecular formula is C19H13NO5S2. The number of rotatable bonds is 3. The minimum Gasteiger partial charge on any atom is -0.465 e. The summed E-state index contributed by atoms with van der Waals surface area (Å²) in [5.74, 6) is 0.486. The number of para-hydroxylation sites is 1. The van der Waals surface area contributed by atoms with Gasteiger partial charge in [-0.25, -0.2) is 4.79 Å². The summed E-state index contributed by atoms with van der Waals surface area (Å²) in [6, 6.07) is 12.1. The Kier molecular flexibility index (Phi) is 4.59. The van der Waals surface area contributed by atoms with Crippen molar-refractivity contribution >= 4 is 51.9 Å². The summed E-state index contributed by atoms with van der Waals surface area (Å²) < 4.78 is 15.8. The molecule has 1 fully saturated rings. The van der Waals surface area contributed by atoms with E-state index in [-0.39, 0.29) is 18.3 Å². The van der Waals surface area contributed by atoms with Crippen molar-refractivity contribution in [1.29, 1.82) is 0 Å². The minimum atomic E-state index is -0.528. The average Bonchev–Trinajstić information content (AvgIpc) is 3.25. The molecule has 1 amide bonds. The number of thioether (sulfide) groups is 1. The molecule has 0 radical (unpaired) electrons. The zero-order chi connectivity index (χ0) is 19.0. The van der Waals surface area contributed by atoms with E-state index < -0.39 is 5.97 Å². The van der Waals surface area contributed by atoms with E-state index in [1.54, 1.807) is 42.5 Å². The first kappa shape index (κ1) is 17.6. The van der Waals surface area contributed by atoms with E-state index in [0.717, 1.165) is 5.56 Å². The van der Waals surface area contributed by atoms with Crippen molar-refractivity contribution in [2.45, 2.75) is 0 Å². The third kappa shape index (κ3) is 3.17. The van der Waals surface area contributed by atoms with E-state index in [9.17, 15) is 9.59 Å². The van der Waals surface area contributed by atoms with Gasteiger partial charge in [0.2, 0.25) is 6.79 Å². The Balaban J connectivity index is 1.68. The number of hydrogen-bond donors (Lipinski definition) is 0. The zero-order valence-corrected chi connectivity index (χ0v) is 15.8. The maximum Gasteiger partial charge on any atom is 0.339 e. The van der Waals surface area contributed by atoms with Crippen LogP contribution in [-0.4, -0.2) is 30.1 Å². The minimum absolute atomic E-state index is 0.186. The van der Waals surface area contributed by atoms with E-state index in [4.69, 9.17) is 26.4 Å². The highest BCUT2D eigenvalue weighted by atomic mass is 32.2. The molecule has 2 heterocycles. The second-order valence-corrected chi connectivity index (χ2v) is 7.31. The number of nitrogens with zero attached hydrogens (tertiary/aromatic N) is 1. The Morgan fingerprint density at radius 2 is 2.00 bits per heavy atom.